The molecule has 4 nitrogen and oxygen atoms in total. The van der Waals surface area contributed by atoms with Crippen molar-refractivity contribution in [3.8, 4) is 6.07 Å². The summed E-state index contributed by atoms with van der Waals surface area (Å²) in [7, 11) is 0. The molecule has 1 heterocycles. The van der Waals surface area contributed by atoms with E-state index in [1.165, 1.54) is 6.42 Å². The van der Waals surface area contributed by atoms with Crippen molar-refractivity contribution in [3.05, 3.63) is 83.6 Å². The Hall–Kier alpha value is -3.06. The van der Waals surface area contributed by atoms with Crippen LogP contribution in [-0.2, 0) is 4.79 Å². The van der Waals surface area contributed by atoms with Gasteiger partial charge in [-0.2, -0.15) is 5.26 Å². The topological polar surface area (TPSA) is 56.1 Å². The molecule has 1 amide bonds. The van der Waals surface area contributed by atoms with E-state index in [4.69, 9.17) is 0 Å². The summed E-state index contributed by atoms with van der Waals surface area (Å²) in [5.74, 6) is 0.778. The molecule has 1 aliphatic heterocycles. The summed E-state index contributed by atoms with van der Waals surface area (Å²) >= 11 is 0. The molecule has 0 saturated carbocycles. The average Bonchev–Trinajstić information content (AvgIpc) is 2.70. The molecule has 1 fully saturated rings. The van der Waals surface area contributed by atoms with Gasteiger partial charge in [0.25, 0.3) is 5.91 Å². The predicted octanol–water partition coefficient (Wildman–Crippen LogP) is 4.28. The fourth-order valence-corrected chi connectivity index (χ4v) is 4.00. The monoisotopic (exact) mass is 373 g/mol. The Morgan fingerprint density at radius 2 is 1.54 bits per heavy atom. The van der Waals surface area contributed by atoms with E-state index in [0.29, 0.717) is 11.8 Å². The summed E-state index contributed by atoms with van der Waals surface area (Å²) in [6, 6.07) is 21.5. The molecule has 1 N–H and O–H groups in total. The minimum atomic E-state index is -0.342. The SMILES string of the molecule is CC1CC(C)CN(/C=C(/C#N)C(=O)NC(c2ccccc2)c2ccccc2)C1. The van der Waals surface area contributed by atoms with Crippen molar-refractivity contribution in [3.63, 3.8) is 0 Å². The van der Waals surface area contributed by atoms with E-state index >= 15 is 0 Å². The fraction of sp³-hybridized carbons (Fsp3) is 0.333. The second-order valence-corrected chi connectivity index (χ2v) is 7.78. The molecule has 2 aromatic rings. The second-order valence-electron chi connectivity index (χ2n) is 7.78. The molecule has 0 aromatic heterocycles. The van der Waals surface area contributed by atoms with Gasteiger partial charge in [-0.3, -0.25) is 4.79 Å². The number of nitriles is 1. The third-order valence-electron chi connectivity index (χ3n) is 5.12. The number of nitrogens with zero attached hydrogens (tertiary/aromatic N) is 2. The lowest BCUT2D eigenvalue weighted by Gasteiger charge is -2.34. The molecule has 1 aliphatic rings. The molecule has 3 rings (SSSR count). The molecule has 2 aromatic carbocycles. The number of likely N-dealkylation sites (tertiary alicyclic amines) is 1. The van der Waals surface area contributed by atoms with Crippen LogP contribution >= 0.6 is 0 Å². The van der Waals surface area contributed by atoms with Crippen LogP contribution in [0.4, 0.5) is 0 Å². The number of piperidine rings is 1. The Labute approximate surface area is 167 Å². The summed E-state index contributed by atoms with van der Waals surface area (Å²) < 4.78 is 0. The zero-order valence-electron chi connectivity index (χ0n) is 16.5. The van der Waals surface area contributed by atoms with Crippen LogP contribution in [-0.4, -0.2) is 23.9 Å². The summed E-state index contributed by atoms with van der Waals surface area (Å²) in [5.41, 5.74) is 2.12. The summed E-state index contributed by atoms with van der Waals surface area (Å²) in [5, 5.41) is 12.7. The molecule has 1 saturated heterocycles. The number of amides is 1. The van der Waals surface area contributed by atoms with Gasteiger partial charge in [-0.1, -0.05) is 74.5 Å². The molecule has 0 radical (unpaired) electrons. The van der Waals surface area contributed by atoms with Crippen molar-refractivity contribution in [2.75, 3.05) is 13.1 Å². The van der Waals surface area contributed by atoms with Crippen molar-refractivity contribution >= 4 is 5.91 Å². The highest BCUT2D eigenvalue weighted by Crippen LogP contribution is 2.24. The lowest BCUT2D eigenvalue weighted by molar-refractivity contribution is -0.117. The normalized spacial score (nSPS) is 19.9. The first-order valence-electron chi connectivity index (χ1n) is 9.83. The van der Waals surface area contributed by atoms with Crippen LogP contribution in [0, 0.1) is 23.2 Å². The largest absolute Gasteiger partial charge is 0.376 e. The smallest absolute Gasteiger partial charge is 0.264 e. The molecular weight excluding hydrogens is 346 g/mol. The average molecular weight is 374 g/mol. The molecule has 0 spiro atoms. The van der Waals surface area contributed by atoms with E-state index in [1.54, 1.807) is 6.20 Å². The van der Waals surface area contributed by atoms with Crippen LogP contribution in [0.15, 0.2) is 72.4 Å². The first-order valence-corrected chi connectivity index (χ1v) is 9.83. The number of carbonyl (C=O) groups is 1. The first kappa shape index (κ1) is 19.7. The quantitative estimate of drug-likeness (QED) is 0.629. The van der Waals surface area contributed by atoms with E-state index in [0.717, 1.165) is 24.2 Å². The Balaban J connectivity index is 1.82. The van der Waals surface area contributed by atoms with Crippen molar-refractivity contribution in [2.45, 2.75) is 26.3 Å². The van der Waals surface area contributed by atoms with Gasteiger partial charge in [-0.15, -0.1) is 0 Å². The Kier molecular flexibility index (Phi) is 6.49. The van der Waals surface area contributed by atoms with Crippen LogP contribution in [0.5, 0.6) is 0 Å². The zero-order chi connectivity index (χ0) is 19.9. The van der Waals surface area contributed by atoms with Crippen LogP contribution in [0.2, 0.25) is 0 Å². The van der Waals surface area contributed by atoms with Gasteiger partial charge in [0.15, 0.2) is 0 Å². The molecule has 2 unspecified atom stereocenters. The Morgan fingerprint density at radius 1 is 1.04 bits per heavy atom. The van der Waals surface area contributed by atoms with Gasteiger partial charge in [0.05, 0.1) is 6.04 Å². The van der Waals surface area contributed by atoms with Crippen LogP contribution < -0.4 is 5.32 Å². The highest BCUT2D eigenvalue weighted by atomic mass is 16.1. The summed E-state index contributed by atoms with van der Waals surface area (Å²) in [6.07, 6.45) is 2.91. The summed E-state index contributed by atoms with van der Waals surface area (Å²) in [6.45, 7) is 6.18. The number of carbonyl (C=O) groups excluding carboxylic acids is 1. The van der Waals surface area contributed by atoms with Gasteiger partial charge < -0.3 is 10.2 Å². The minimum Gasteiger partial charge on any atom is -0.376 e. The molecule has 2 atom stereocenters. The standard InChI is InChI=1S/C24H27N3O/c1-18-13-19(2)16-27(15-18)17-22(14-25)24(28)26-23(20-9-5-3-6-10-20)21-11-7-4-8-12-21/h3-12,17-19,23H,13,15-16H2,1-2H3,(H,26,28)/b22-17-. The van der Waals surface area contributed by atoms with Crippen molar-refractivity contribution < 1.29 is 4.79 Å². The van der Waals surface area contributed by atoms with Crippen molar-refractivity contribution in [2.24, 2.45) is 11.8 Å². The maximum absolute atomic E-state index is 12.9. The lowest BCUT2D eigenvalue weighted by Crippen LogP contribution is -2.36. The maximum atomic E-state index is 12.9. The predicted molar refractivity (Wildman–Crippen MR) is 111 cm³/mol. The third kappa shape index (κ3) is 5.01. The number of rotatable bonds is 5. The number of hydrogen-bond acceptors (Lipinski definition) is 3. The fourth-order valence-electron chi connectivity index (χ4n) is 4.00. The molecule has 28 heavy (non-hydrogen) atoms. The van der Waals surface area contributed by atoms with E-state index in [-0.39, 0.29) is 17.5 Å². The maximum Gasteiger partial charge on any atom is 0.264 e. The Morgan fingerprint density at radius 3 is 2.00 bits per heavy atom. The molecule has 144 valence electrons. The molecule has 4 heteroatoms. The van der Waals surface area contributed by atoms with Gasteiger partial charge in [0.1, 0.15) is 11.6 Å². The van der Waals surface area contributed by atoms with Crippen LogP contribution in [0.25, 0.3) is 0 Å². The highest BCUT2D eigenvalue weighted by Gasteiger charge is 2.23. The number of nitrogens with one attached hydrogen (secondary N) is 1. The number of benzene rings is 2. The van der Waals surface area contributed by atoms with Crippen LogP contribution in [0.3, 0.4) is 0 Å². The van der Waals surface area contributed by atoms with E-state index in [2.05, 4.69) is 30.1 Å². The van der Waals surface area contributed by atoms with Crippen LogP contribution in [0.1, 0.15) is 37.4 Å². The Bertz CT molecular complexity index is 805. The van der Waals surface area contributed by atoms with E-state index < -0.39 is 0 Å². The van der Waals surface area contributed by atoms with Gasteiger partial charge in [0.2, 0.25) is 0 Å². The van der Waals surface area contributed by atoms with Crippen molar-refractivity contribution in [1.29, 1.82) is 5.26 Å². The third-order valence-corrected chi connectivity index (χ3v) is 5.12. The lowest BCUT2D eigenvalue weighted by atomic mass is 9.92. The van der Waals surface area contributed by atoms with Crippen molar-refractivity contribution in [1.82, 2.24) is 10.2 Å². The molecular formula is C24H27N3O. The van der Waals surface area contributed by atoms with E-state index in [1.807, 2.05) is 60.7 Å². The second kappa shape index (κ2) is 9.23. The molecule has 0 aliphatic carbocycles. The van der Waals surface area contributed by atoms with Gasteiger partial charge in [-0.25, -0.2) is 0 Å². The minimum absolute atomic E-state index is 0.151. The number of hydrogen-bond donors (Lipinski definition) is 1. The van der Waals surface area contributed by atoms with E-state index in [9.17, 15) is 10.1 Å². The first-order chi connectivity index (χ1) is 13.6. The zero-order valence-corrected chi connectivity index (χ0v) is 16.5. The van der Waals surface area contributed by atoms with Gasteiger partial charge in [-0.05, 0) is 29.4 Å². The van der Waals surface area contributed by atoms with Gasteiger partial charge in [0, 0.05) is 19.3 Å². The molecule has 0 bridgehead atoms. The van der Waals surface area contributed by atoms with Gasteiger partial charge >= 0.3 is 0 Å². The highest BCUT2D eigenvalue weighted by molar-refractivity contribution is 5.97. The summed E-state index contributed by atoms with van der Waals surface area (Å²) in [4.78, 5) is 15.0.